The van der Waals surface area contributed by atoms with Gasteiger partial charge in [-0.1, -0.05) is 49.3 Å². The summed E-state index contributed by atoms with van der Waals surface area (Å²) >= 11 is 0. The zero-order valence-corrected chi connectivity index (χ0v) is 15.0. The first kappa shape index (κ1) is 18.1. The van der Waals surface area contributed by atoms with Crippen molar-refractivity contribution in [1.29, 1.82) is 0 Å². The Labute approximate surface area is 151 Å². The molecule has 2 aromatic rings. The third kappa shape index (κ3) is 3.91. The van der Waals surface area contributed by atoms with E-state index in [4.69, 9.17) is 9.26 Å². The van der Waals surface area contributed by atoms with Crippen LogP contribution >= 0.6 is 0 Å². The van der Waals surface area contributed by atoms with Crippen LogP contribution in [-0.2, 0) is 20.9 Å². The molecule has 1 saturated heterocycles. The number of aromatic nitrogens is 2. The van der Waals surface area contributed by atoms with Gasteiger partial charge in [0.25, 0.3) is 5.91 Å². The molecule has 2 atom stereocenters. The predicted molar refractivity (Wildman–Crippen MR) is 91.9 cm³/mol. The molecule has 1 aromatic heterocycles. The van der Waals surface area contributed by atoms with Crippen LogP contribution in [0.4, 0.5) is 0 Å². The summed E-state index contributed by atoms with van der Waals surface area (Å²) in [6.45, 7) is 3.96. The van der Waals surface area contributed by atoms with Crippen LogP contribution in [0.1, 0.15) is 43.1 Å². The third-order valence-electron chi connectivity index (χ3n) is 4.15. The molecule has 2 heterocycles. The Hall–Kier alpha value is -2.74. The van der Waals surface area contributed by atoms with E-state index in [9.17, 15) is 9.59 Å². The highest BCUT2D eigenvalue weighted by atomic mass is 16.5. The smallest absolute Gasteiger partial charge is 0.254 e. The number of ether oxygens (including phenoxy) is 1. The number of carbonyl (C=O) groups excluding carboxylic acids is 2. The van der Waals surface area contributed by atoms with E-state index in [0.717, 1.165) is 5.56 Å². The molecule has 0 spiro atoms. The second-order valence-electron chi connectivity index (χ2n) is 6.59. The Morgan fingerprint density at radius 1 is 1.35 bits per heavy atom. The number of benzene rings is 1. The first-order valence-corrected chi connectivity index (χ1v) is 8.49. The second-order valence-corrected chi connectivity index (χ2v) is 6.59. The Kier molecular flexibility index (Phi) is 5.32. The maximum absolute atomic E-state index is 12.9. The maximum atomic E-state index is 12.9. The SMILES string of the molecule is CC(C)c1nc(CN(C)C(=O)[C@H]2OCC(=O)N[C@@H]2c2ccccc2)no1. The molecule has 2 amide bonds. The summed E-state index contributed by atoms with van der Waals surface area (Å²) in [5.74, 6) is 0.585. The number of nitrogens with one attached hydrogen (secondary N) is 1. The average Bonchev–Trinajstić information content (AvgIpc) is 3.10. The van der Waals surface area contributed by atoms with Gasteiger partial charge in [0.2, 0.25) is 11.8 Å². The molecule has 1 aliphatic heterocycles. The Morgan fingerprint density at radius 3 is 2.73 bits per heavy atom. The van der Waals surface area contributed by atoms with Gasteiger partial charge >= 0.3 is 0 Å². The van der Waals surface area contributed by atoms with E-state index in [0.29, 0.717) is 11.7 Å². The largest absolute Gasteiger partial charge is 0.356 e. The van der Waals surface area contributed by atoms with E-state index in [1.54, 1.807) is 7.05 Å². The number of likely N-dealkylation sites (N-methyl/N-ethyl adjacent to an activating group) is 1. The van der Waals surface area contributed by atoms with Crippen molar-refractivity contribution in [3.8, 4) is 0 Å². The minimum atomic E-state index is -0.809. The summed E-state index contributed by atoms with van der Waals surface area (Å²) in [6, 6.07) is 8.76. The average molecular weight is 358 g/mol. The summed E-state index contributed by atoms with van der Waals surface area (Å²) in [6.07, 6.45) is -0.809. The molecule has 1 fully saturated rings. The van der Waals surface area contributed by atoms with Crippen molar-refractivity contribution in [3.05, 3.63) is 47.6 Å². The number of nitrogens with zero attached hydrogens (tertiary/aromatic N) is 3. The molecule has 138 valence electrons. The van der Waals surface area contributed by atoms with Crippen LogP contribution in [0.3, 0.4) is 0 Å². The molecule has 0 bridgehead atoms. The summed E-state index contributed by atoms with van der Waals surface area (Å²) in [4.78, 5) is 30.4. The van der Waals surface area contributed by atoms with Crippen LogP contribution in [0.15, 0.2) is 34.9 Å². The molecular formula is C18H22N4O4. The highest BCUT2D eigenvalue weighted by molar-refractivity contribution is 5.86. The van der Waals surface area contributed by atoms with E-state index >= 15 is 0 Å². The third-order valence-corrected chi connectivity index (χ3v) is 4.15. The quantitative estimate of drug-likeness (QED) is 0.868. The minimum Gasteiger partial charge on any atom is -0.356 e. The van der Waals surface area contributed by atoms with Gasteiger partial charge in [-0.25, -0.2) is 0 Å². The van der Waals surface area contributed by atoms with Gasteiger partial charge in [0.15, 0.2) is 11.9 Å². The zero-order valence-electron chi connectivity index (χ0n) is 15.0. The molecule has 1 N–H and O–H groups in total. The lowest BCUT2D eigenvalue weighted by Gasteiger charge is -2.33. The van der Waals surface area contributed by atoms with E-state index in [2.05, 4.69) is 15.5 Å². The Bertz CT molecular complexity index is 775. The van der Waals surface area contributed by atoms with Crippen LogP contribution in [-0.4, -0.2) is 46.6 Å². The molecule has 3 rings (SSSR count). The number of amides is 2. The fourth-order valence-corrected chi connectivity index (χ4v) is 2.76. The van der Waals surface area contributed by atoms with Gasteiger partial charge in [-0.2, -0.15) is 4.98 Å². The normalized spacial score (nSPS) is 20.1. The zero-order chi connectivity index (χ0) is 18.7. The highest BCUT2D eigenvalue weighted by Crippen LogP contribution is 2.24. The van der Waals surface area contributed by atoms with E-state index < -0.39 is 12.1 Å². The van der Waals surface area contributed by atoms with Crippen molar-refractivity contribution in [1.82, 2.24) is 20.4 Å². The topological polar surface area (TPSA) is 97.6 Å². The number of hydrogen-bond donors (Lipinski definition) is 1. The lowest BCUT2D eigenvalue weighted by molar-refractivity contribution is -0.154. The van der Waals surface area contributed by atoms with Gasteiger partial charge in [0.1, 0.15) is 6.61 Å². The van der Waals surface area contributed by atoms with E-state index in [1.165, 1.54) is 4.90 Å². The fourth-order valence-electron chi connectivity index (χ4n) is 2.76. The van der Waals surface area contributed by atoms with Crippen LogP contribution in [0.25, 0.3) is 0 Å². The molecule has 1 aliphatic rings. The summed E-state index contributed by atoms with van der Waals surface area (Å²) < 4.78 is 10.7. The molecule has 1 aromatic carbocycles. The van der Waals surface area contributed by atoms with Crippen molar-refractivity contribution >= 4 is 11.8 Å². The molecular weight excluding hydrogens is 336 g/mol. The van der Waals surface area contributed by atoms with Crippen LogP contribution in [0.2, 0.25) is 0 Å². The lowest BCUT2D eigenvalue weighted by Crippen LogP contribution is -2.52. The summed E-state index contributed by atoms with van der Waals surface area (Å²) in [7, 11) is 1.65. The number of morpholine rings is 1. The van der Waals surface area contributed by atoms with Crippen LogP contribution in [0.5, 0.6) is 0 Å². The summed E-state index contributed by atoms with van der Waals surface area (Å²) in [5, 5.41) is 6.74. The fraction of sp³-hybridized carbons (Fsp3) is 0.444. The molecule has 0 aliphatic carbocycles. The maximum Gasteiger partial charge on any atom is 0.254 e. The molecule has 0 saturated carbocycles. The predicted octanol–water partition coefficient (Wildman–Crippen LogP) is 1.41. The molecule has 8 nitrogen and oxygen atoms in total. The van der Waals surface area contributed by atoms with Gasteiger partial charge in [-0.05, 0) is 5.56 Å². The van der Waals surface area contributed by atoms with Crippen molar-refractivity contribution in [2.75, 3.05) is 13.7 Å². The molecule has 26 heavy (non-hydrogen) atoms. The Morgan fingerprint density at radius 2 is 2.08 bits per heavy atom. The van der Waals surface area contributed by atoms with Gasteiger partial charge in [0.05, 0.1) is 12.6 Å². The number of carbonyl (C=O) groups is 2. The van der Waals surface area contributed by atoms with Gasteiger partial charge in [0, 0.05) is 13.0 Å². The summed E-state index contributed by atoms with van der Waals surface area (Å²) in [5.41, 5.74) is 0.814. The minimum absolute atomic E-state index is 0.122. The molecule has 0 radical (unpaired) electrons. The number of rotatable bonds is 5. The Balaban J connectivity index is 1.74. The van der Waals surface area contributed by atoms with Crippen molar-refractivity contribution < 1.29 is 18.8 Å². The van der Waals surface area contributed by atoms with Crippen molar-refractivity contribution in [3.63, 3.8) is 0 Å². The first-order valence-electron chi connectivity index (χ1n) is 8.49. The van der Waals surface area contributed by atoms with Gasteiger partial charge in [-0.15, -0.1) is 0 Å². The lowest BCUT2D eigenvalue weighted by atomic mass is 9.99. The van der Waals surface area contributed by atoms with Crippen LogP contribution in [0, 0.1) is 0 Å². The van der Waals surface area contributed by atoms with Crippen molar-refractivity contribution in [2.45, 2.75) is 38.5 Å². The monoisotopic (exact) mass is 358 g/mol. The highest BCUT2D eigenvalue weighted by Gasteiger charge is 2.37. The number of hydrogen-bond acceptors (Lipinski definition) is 6. The van der Waals surface area contributed by atoms with Crippen molar-refractivity contribution in [2.24, 2.45) is 0 Å². The molecule has 8 heteroatoms. The van der Waals surface area contributed by atoms with Gasteiger partial charge < -0.3 is 19.5 Å². The first-order chi connectivity index (χ1) is 12.5. The van der Waals surface area contributed by atoms with Gasteiger partial charge in [-0.3, -0.25) is 9.59 Å². The van der Waals surface area contributed by atoms with Crippen LogP contribution < -0.4 is 5.32 Å². The van der Waals surface area contributed by atoms with E-state index in [1.807, 2.05) is 44.2 Å². The second kappa shape index (κ2) is 7.65. The molecule has 0 unspecified atom stereocenters. The van der Waals surface area contributed by atoms with E-state index in [-0.39, 0.29) is 30.9 Å². The standard InChI is InChI=1S/C18H22N4O4/c1-11(2)17-19-13(21-26-17)9-22(3)18(24)16-15(20-14(23)10-25-16)12-7-5-4-6-8-12/h4-8,11,15-16H,9-10H2,1-3H3,(H,20,23)/t15-,16+/m1/s1.